The first-order chi connectivity index (χ1) is 9.81. The lowest BCUT2D eigenvalue weighted by Crippen LogP contribution is -2.13. The summed E-state index contributed by atoms with van der Waals surface area (Å²) in [4.78, 5) is 22.8. The summed E-state index contributed by atoms with van der Waals surface area (Å²) in [5.74, 6) is -1.32. The van der Waals surface area contributed by atoms with E-state index >= 15 is 0 Å². The summed E-state index contributed by atoms with van der Waals surface area (Å²) >= 11 is 0. The van der Waals surface area contributed by atoms with Crippen LogP contribution < -0.4 is 4.72 Å². The minimum Gasteiger partial charge on any atom is -0.477 e. The van der Waals surface area contributed by atoms with Crippen molar-refractivity contribution in [3.05, 3.63) is 52.3 Å². The summed E-state index contributed by atoms with van der Waals surface area (Å²) < 4.78 is 26.2. The number of para-hydroxylation sites is 2. The number of carbonyl (C=O) groups is 1. The van der Waals surface area contributed by atoms with E-state index in [1.54, 1.807) is 0 Å². The number of nitro groups is 1. The normalized spacial score (nSPS) is 11.0. The molecule has 0 fully saturated rings. The van der Waals surface area contributed by atoms with Crippen molar-refractivity contribution in [3.63, 3.8) is 0 Å². The smallest absolute Gasteiger partial charge is 0.352 e. The van der Waals surface area contributed by atoms with Gasteiger partial charge in [0, 0.05) is 12.3 Å². The van der Waals surface area contributed by atoms with Crippen LogP contribution >= 0.6 is 0 Å². The van der Waals surface area contributed by atoms with Crippen molar-refractivity contribution < 1.29 is 23.2 Å². The van der Waals surface area contributed by atoms with Gasteiger partial charge >= 0.3 is 5.97 Å². The lowest BCUT2D eigenvalue weighted by Gasteiger charge is -2.06. The van der Waals surface area contributed by atoms with E-state index in [-0.39, 0.29) is 16.3 Å². The summed E-state index contributed by atoms with van der Waals surface area (Å²) in [6, 6.07) is 6.14. The van der Waals surface area contributed by atoms with Gasteiger partial charge < -0.3 is 10.1 Å². The van der Waals surface area contributed by atoms with Gasteiger partial charge in [-0.05, 0) is 12.1 Å². The zero-order valence-corrected chi connectivity index (χ0v) is 11.1. The highest BCUT2D eigenvalue weighted by Gasteiger charge is 2.22. The van der Waals surface area contributed by atoms with Gasteiger partial charge in [-0.2, -0.15) is 0 Å². The van der Waals surface area contributed by atoms with Crippen molar-refractivity contribution in [2.45, 2.75) is 4.90 Å². The van der Waals surface area contributed by atoms with Crippen LogP contribution in [0.2, 0.25) is 0 Å². The van der Waals surface area contributed by atoms with Crippen molar-refractivity contribution >= 4 is 27.4 Å². The summed E-state index contributed by atoms with van der Waals surface area (Å²) in [7, 11) is -4.13. The predicted octanol–water partition coefficient (Wildman–Crippen LogP) is 1.42. The standard InChI is InChI=1S/C11H9N3O6S/c15-11(16)9-5-7(6-12-9)21(19,20)13-8-3-1-2-4-10(8)14(17)18/h1-6,12-13H,(H,15,16). The number of aromatic amines is 1. The van der Waals surface area contributed by atoms with Gasteiger partial charge in [0.25, 0.3) is 15.7 Å². The molecule has 0 bridgehead atoms. The molecular formula is C11H9N3O6S. The van der Waals surface area contributed by atoms with Crippen molar-refractivity contribution in [1.29, 1.82) is 0 Å². The molecule has 0 aliphatic carbocycles. The number of anilines is 1. The highest BCUT2D eigenvalue weighted by Crippen LogP contribution is 2.26. The minimum absolute atomic E-state index is 0.208. The Kier molecular flexibility index (Phi) is 3.63. The molecule has 0 saturated carbocycles. The molecule has 0 spiro atoms. The Balaban J connectivity index is 2.37. The van der Waals surface area contributed by atoms with Gasteiger partial charge in [-0.1, -0.05) is 12.1 Å². The molecule has 1 heterocycles. The Morgan fingerprint density at radius 1 is 1.33 bits per heavy atom. The lowest BCUT2D eigenvalue weighted by molar-refractivity contribution is -0.383. The van der Waals surface area contributed by atoms with E-state index in [9.17, 15) is 23.3 Å². The lowest BCUT2D eigenvalue weighted by atomic mass is 10.3. The molecule has 0 amide bonds. The molecule has 0 radical (unpaired) electrons. The molecule has 9 nitrogen and oxygen atoms in total. The van der Waals surface area contributed by atoms with Gasteiger partial charge in [0.2, 0.25) is 0 Å². The number of nitrogens with zero attached hydrogens (tertiary/aromatic N) is 1. The van der Waals surface area contributed by atoms with Crippen LogP contribution in [0.4, 0.5) is 11.4 Å². The second kappa shape index (κ2) is 5.25. The predicted molar refractivity (Wildman–Crippen MR) is 71.7 cm³/mol. The third kappa shape index (κ3) is 3.00. The molecule has 0 saturated heterocycles. The zero-order valence-electron chi connectivity index (χ0n) is 10.3. The Bertz CT molecular complexity index is 811. The van der Waals surface area contributed by atoms with Gasteiger partial charge in [-0.25, -0.2) is 13.2 Å². The monoisotopic (exact) mass is 311 g/mol. The highest BCUT2D eigenvalue weighted by atomic mass is 32.2. The van der Waals surface area contributed by atoms with E-state index in [1.807, 2.05) is 0 Å². The van der Waals surface area contributed by atoms with E-state index < -0.39 is 26.6 Å². The Labute approximate surface area is 118 Å². The van der Waals surface area contributed by atoms with Crippen LogP contribution in [0, 0.1) is 10.1 Å². The summed E-state index contributed by atoms with van der Waals surface area (Å²) in [6.45, 7) is 0. The number of carboxylic acids is 1. The third-order valence-electron chi connectivity index (χ3n) is 2.54. The number of hydrogen-bond acceptors (Lipinski definition) is 5. The van der Waals surface area contributed by atoms with Crippen molar-refractivity contribution in [3.8, 4) is 0 Å². The van der Waals surface area contributed by atoms with E-state index in [0.29, 0.717) is 0 Å². The Morgan fingerprint density at radius 2 is 2.00 bits per heavy atom. The molecule has 1 aromatic heterocycles. The van der Waals surface area contributed by atoms with E-state index in [0.717, 1.165) is 18.3 Å². The van der Waals surface area contributed by atoms with Gasteiger partial charge in [0.15, 0.2) is 0 Å². The van der Waals surface area contributed by atoms with Crippen molar-refractivity contribution in [2.75, 3.05) is 4.72 Å². The maximum Gasteiger partial charge on any atom is 0.352 e. The van der Waals surface area contributed by atoms with Crippen LogP contribution in [0.15, 0.2) is 41.4 Å². The number of rotatable bonds is 5. The van der Waals surface area contributed by atoms with Crippen molar-refractivity contribution in [2.24, 2.45) is 0 Å². The number of aromatic nitrogens is 1. The van der Waals surface area contributed by atoms with Gasteiger partial charge in [0.05, 0.1) is 4.92 Å². The first-order valence-electron chi connectivity index (χ1n) is 5.49. The highest BCUT2D eigenvalue weighted by molar-refractivity contribution is 7.92. The first-order valence-corrected chi connectivity index (χ1v) is 6.97. The number of aromatic carboxylic acids is 1. The number of H-pyrrole nitrogens is 1. The molecule has 3 N–H and O–H groups in total. The molecule has 1 aromatic carbocycles. The number of carboxylic acid groups (broad SMARTS) is 1. The van der Waals surface area contributed by atoms with Crippen LogP contribution in [-0.2, 0) is 10.0 Å². The number of benzene rings is 1. The molecule has 2 aromatic rings. The number of nitro benzene ring substituents is 1. The topological polar surface area (TPSA) is 142 Å². The molecule has 0 unspecified atom stereocenters. The van der Waals surface area contributed by atoms with Crippen LogP contribution in [0.3, 0.4) is 0 Å². The Hall–Kier alpha value is -2.88. The maximum atomic E-state index is 12.1. The maximum absolute atomic E-state index is 12.1. The van der Waals surface area contributed by atoms with Crippen LogP contribution in [0.25, 0.3) is 0 Å². The fourth-order valence-electron chi connectivity index (χ4n) is 1.58. The number of nitrogens with one attached hydrogen (secondary N) is 2. The summed E-state index contributed by atoms with van der Waals surface area (Å²) in [5, 5.41) is 19.6. The van der Waals surface area contributed by atoms with E-state index in [2.05, 4.69) is 9.71 Å². The zero-order chi connectivity index (χ0) is 15.6. The first kappa shape index (κ1) is 14.5. The minimum atomic E-state index is -4.13. The van der Waals surface area contributed by atoms with Crippen LogP contribution in [-0.4, -0.2) is 29.4 Å². The van der Waals surface area contributed by atoms with Crippen LogP contribution in [0.1, 0.15) is 10.5 Å². The molecule has 0 aliphatic rings. The molecule has 2 rings (SSSR count). The number of hydrogen-bond donors (Lipinski definition) is 3. The molecule has 21 heavy (non-hydrogen) atoms. The molecule has 10 heteroatoms. The SMILES string of the molecule is O=C(O)c1cc(S(=O)(=O)Nc2ccccc2[N+](=O)[O-])c[nH]1. The largest absolute Gasteiger partial charge is 0.477 e. The molecule has 0 aliphatic heterocycles. The average molecular weight is 311 g/mol. The second-order valence-electron chi connectivity index (χ2n) is 3.93. The fraction of sp³-hybridized carbons (Fsp3) is 0. The summed E-state index contributed by atoms with van der Waals surface area (Å²) in [5.41, 5.74) is -0.923. The summed E-state index contributed by atoms with van der Waals surface area (Å²) in [6.07, 6.45) is 0.987. The molecule has 0 atom stereocenters. The Morgan fingerprint density at radius 3 is 2.57 bits per heavy atom. The molecule has 110 valence electrons. The van der Waals surface area contributed by atoms with Crippen LogP contribution in [0.5, 0.6) is 0 Å². The molecular weight excluding hydrogens is 302 g/mol. The third-order valence-corrected chi connectivity index (χ3v) is 3.89. The average Bonchev–Trinajstić information content (AvgIpc) is 2.89. The van der Waals surface area contributed by atoms with Gasteiger partial charge in [0.1, 0.15) is 16.3 Å². The van der Waals surface area contributed by atoms with Gasteiger partial charge in [-0.3, -0.25) is 14.8 Å². The second-order valence-corrected chi connectivity index (χ2v) is 5.62. The van der Waals surface area contributed by atoms with E-state index in [4.69, 9.17) is 5.11 Å². The van der Waals surface area contributed by atoms with Gasteiger partial charge in [-0.15, -0.1) is 0 Å². The van der Waals surface area contributed by atoms with E-state index in [1.165, 1.54) is 18.2 Å². The van der Waals surface area contributed by atoms with Crippen molar-refractivity contribution in [1.82, 2.24) is 4.98 Å². The number of sulfonamides is 1. The fourth-order valence-corrected chi connectivity index (χ4v) is 2.64. The quantitative estimate of drug-likeness (QED) is 0.563.